The van der Waals surface area contributed by atoms with Gasteiger partial charge in [-0.3, -0.25) is 15.1 Å². The lowest BCUT2D eigenvalue weighted by Crippen LogP contribution is -2.27. The molecule has 0 aliphatic heterocycles. The van der Waals surface area contributed by atoms with Gasteiger partial charge in [-0.2, -0.15) is 17.5 Å². The molecular weight excluding hydrogens is 471 g/mol. The molecule has 0 saturated heterocycles. The summed E-state index contributed by atoms with van der Waals surface area (Å²) >= 11 is 1.06. The Morgan fingerprint density at radius 1 is 1.06 bits per heavy atom. The fourth-order valence-corrected chi connectivity index (χ4v) is 3.76. The Hall–Kier alpha value is -3.54. The van der Waals surface area contributed by atoms with Gasteiger partial charge >= 0.3 is 12.3 Å². The van der Waals surface area contributed by atoms with Gasteiger partial charge in [-0.25, -0.2) is 9.78 Å². The van der Waals surface area contributed by atoms with Gasteiger partial charge < -0.3 is 10.1 Å². The van der Waals surface area contributed by atoms with E-state index in [-0.39, 0.29) is 12.1 Å². The summed E-state index contributed by atoms with van der Waals surface area (Å²) in [5.41, 5.74) is 0.145. The molecule has 2 aromatic heterocycles. The Labute approximate surface area is 197 Å². The maximum atomic E-state index is 13.0. The summed E-state index contributed by atoms with van der Waals surface area (Å²) < 4.78 is 47.5. The standard InChI is InChI=1S/C22H22F3N5O3S/c1-12-18(16(34-30-12)9-15-10-27-17(11-26-15)22(23,24)25)19(31)28-13-6-5-7-14(8-13)29-20(32)33-21(2,3)4/h5-8,10-11H,9H2,1-4H3,(H,28,31)(H,29,32). The van der Waals surface area contributed by atoms with Crippen LogP contribution in [0.3, 0.4) is 0 Å². The monoisotopic (exact) mass is 493 g/mol. The largest absolute Gasteiger partial charge is 0.444 e. The van der Waals surface area contributed by atoms with E-state index in [1.807, 2.05) is 0 Å². The number of anilines is 2. The molecule has 0 saturated carbocycles. The highest BCUT2D eigenvalue weighted by atomic mass is 32.1. The van der Waals surface area contributed by atoms with Gasteiger partial charge in [-0.1, -0.05) is 6.07 Å². The van der Waals surface area contributed by atoms with E-state index in [2.05, 4.69) is 25.0 Å². The number of halogens is 3. The summed E-state index contributed by atoms with van der Waals surface area (Å²) in [6.07, 6.45) is -3.42. The fourth-order valence-electron chi connectivity index (χ4n) is 2.87. The fraction of sp³-hybridized carbons (Fsp3) is 0.318. The summed E-state index contributed by atoms with van der Waals surface area (Å²) in [5, 5.41) is 5.35. The third-order valence-corrected chi connectivity index (χ3v) is 5.20. The van der Waals surface area contributed by atoms with E-state index in [1.165, 1.54) is 0 Å². The first-order chi connectivity index (χ1) is 15.8. The summed E-state index contributed by atoms with van der Waals surface area (Å²) in [6, 6.07) is 6.51. The number of rotatable bonds is 5. The molecule has 0 unspecified atom stereocenters. The molecule has 0 radical (unpaired) electrons. The number of hydrogen-bond donors (Lipinski definition) is 2. The zero-order chi connectivity index (χ0) is 25.1. The molecule has 0 atom stereocenters. The lowest BCUT2D eigenvalue weighted by molar-refractivity contribution is -0.141. The second kappa shape index (κ2) is 9.75. The van der Waals surface area contributed by atoms with Crippen molar-refractivity contribution in [1.29, 1.82) is 0 Å². The number of benzene rings is 1. The molecule has 0 aliphatic rings. The predicted octanol–water partition coefficient (Wildman–Crippen LogP) is 5.45. The summed E-state index contributed by atoms with van der Waals surface area (Å²) in [7, 11) is 0. The van der Waals surface area contributed by atoms with Crippen molar-refractivity contribution in [2.45, 2.75) is 45.9 Å². The van der Waals surface area contributed by atoms with Crippen LogP contribution in [-0.4, -0.2) is 31.9 Å². The predicted molar refractivity (Wildman–Crippen MR) is 121 cm³/mol. The quantitative estimate of drug-likeness (QED) is 0.490. The molecule has 0 spiro atoms. The molecule has 3 rings (SSSR count). The van der Waals surface area contributed by atoms with Gasteiger partial charge in [0.2, 0.25) is 0 Å². The van der Waals surface area contributed by atoms with Crippen LogP contribution in [0.4, 0.5) is 29.3 Å². The van der Waals surface area contributed by atoms with E-state index in [0.717, 1.165) is 17.7 Å². The van der Waals surface area contributed by atoms with Crippen molar-refractivity contribution in [2.24, 2.45) is 0 Å². The van der Waals surface area contributed by atoms with Crippen molar-refractivity contribution >= 4 is 34.9 Å². The molecule has 0 bridgehead atoms. The second-order valence-electron chi connectivity index (χ2n) is 8.30. The van der Waals surface area contributed by atoms with Crippen LogP contribution in [0.5, 0.6) is 0 Å². The molecule has 2 amide bonds. The Balaban J connectivity index is 1.73. The molecule has 2 heterocycles. The number of hydrogen-bond acceptors (Lipinski definition) is 7. The maximum Gasteiger partial charge on any atom is 0.434 e. The van der Waals surface area contributed by atoms with Crippen molar-refractivity contribution in [1.82, 2.24) is 14.3 Å². The van der Waals surface area contributed by atoms with Crippen LogP contribution in [0.2, 0.25) is 0 Å². The van der Waals surface area contributed by atoms with E-state index in [1.54, 1.807) is 52.0 Å². The maximum absolute atomic E-state index is 13.0. The average Bonchev–Trinajstić information content (AvgIpc) is 3.06. The Morgan fingerprint density at radius 3 is 2.32 bits per heavy atom. The summed E-state index contributed by atoms with van der Waals surface area (Å²) in [6.45, 7) is 6.89. The van der Waals surface area contributed by atoms with Gasteiger partial charge in [0, 0.05) is 28.9 Å². The number of nitrogens with zero attached hydrogens (tertiary/aromatic N) is 3. The Kier molecular flexibility index (Phi) is 7.20. The van der Waals surface area contributed by atoms with Crippen LogP contribution in [-0.2, 0) is 17.3 Å². The normalized spacial score (nSPS) is 11.7. The molecule has 1 aromatic carbocycles. The Bertz CT molecular complexity index is 1190. The minimum atomic E-state index is -4.58. The molecule has 0 fully saturated rings. The third kappa shape index (κ3) is 6.73. The smallest absolute Gasteiger partial charge is 0.434 e. The summed E-state index contributed by atoms with van der Waals surface area (Å²) in [5.74, 6) is -0.449. The molecule has 34 heavy (non-hydrogen) atoms. The van der Waals surface area contributed by atoms with Crippen LogP contribution in [0.25, 0.3) is 0 Å². The zero-order valence-corrected chi connectivity index (χ0v) is 19.6. The number of ether oxygens (including phenoxy) is 1. The highest BCUT2D eigenvalue weighted by Gasteiger charge is 2.32. The van der Waals surface area contributed by atoms with E-state index in [9.17, 15) is 22.8 Å². The number of aromatic nitrogens is 3. The van der Waals surface area contributed by atoms with Crippen LogP contribution >= 0.6 is 11.5 Å². The molecule has 0 aliphatic carbocycles. The highest BCUT2D eigenvalue weighted by Crippen LogP contribution is 2.28. The van der Waals surface area contributed by atoms with Gasteiger partial charge in [0.25, 0.3) is 5.91 Å². The van der Waals surface area contributed by atoms with Crippen LogP contribution in [0.15, 0.2) is 36.7 Å². The lowest BCUT2D eigenvalue weighted by Gasteiger charge is -2.19. The number of amides is 2. The van der Waals surface area contributed by atoms with E-state index >= 15 is 0 Å². The first-order valence-electron chi connectivity index (χ1n) is 10.1. The highest BCUT2D eigenvalue weighted by molar-refractivity contribution is 7.06. The van der Waals surface area contributed by atoms with Gasteiger partial charge in [0.05, 0.1) is 23.1 Å². The van der Waals surface area contributed by atoms with E-state index in [0.29, 0.717) is 33.7 Å². The van der Waals surface area contributed by atoms with Gasteiger partial charge in [0.1, 0.15) is 5.60 Å². The van der Waals surface area contributed by atoms with Gasteiger partial charge in [-0.05, 0) is 57.4 Å². The molecule has 3 aromatic rings. The number of nitrogens with one attached hydrogen (secondary N) is 2. The first-order valence-corrected chi connectivity index (χ1v) is 10.8. The van der Waals surface area contributed by atoms with Crippen molar-refractivity contribution in [3.63, 3.8) is 0 Å². The Morgan fingerprint density at radius 2 is 1.74 bits per heavy atom. The van der Waals surface area contributed by atoms with Crippen LogP contribution < -0.4 is 10.6 Å². The van der Waals surface area contributed by atoms with E-state index in [4.69, 9.17) is 4.74 Å². The summed E-state index contributed by atoms with van der Waals surface area (Å²) in [4.78, 5) is 32.7. The lowest BCUT2D eigenvalue weighted by atomic mass is 10.1. The molecule has 12 heteroatoms. The molecular formula is C22H22F3N5O3S. The SMILES string of the molecule is Cc1nsc(Cc2cnc(C(F)(F)F)cn2)c1C(=O)Nc1cccc(NC(=O)OC(C)(C)C)c1. The van der Waals surface area contributed by atoms with E-state index < -0.39 is 29.5 Å². The van der Waals surface area contributed by atoms with Gasteiger partial charge in [-0.15, -0.1) is 0 Å². The number of aryl methyl sites for hydroxylation is 1. The second-order valence-corrected chi connectivity index (χ2v) is 9.15. The first kappa shape index (κ1) is 25.1. The van der Waals surface area contributed by atoms with Crippen molar-refractivity contribution in [3.05, 3.63) is 64.2 Å². The van der Waals surface area contributed by atoms with Gasteiger partial charge in [0.15, 0.2) is 5.69 Å². The van der Waals surface area contributed by atoms with Crippen LogP contribution in [0, 0.1) is 6.92 Å². The molecule has 2 N–H and O–H groups in total. The topological polar surface area (TPSA) is 106 Å². The van der Waals surface area contributed by atoms with Crippen LogP contribution in [0.1, 0.15) is 53.1 Å². The average molecular weight is 494 g/mol. The van der Waals surface area contributed by atoms with Crippen molar-refractivity contribution < 1.29 is 27.5 Å². The third-order valence-electron chi connectivity index (χ3n) is 4.26. The minimum Gasteiger partial charge on any atom is -0.444 e. The van der Waals surface area contributed by atoms with Crippen molar-refractivity contribution in [3.8, 4) is 0 Å². The molecule has 8 nitrogen and oxygen atoms in total. The number of carbonyl (C=O) groups is 2. The minimum absolute atomic E-state index is 0.0969. The van der Waals surface area contributed by atoms with Crippen molar-refractivity contribution in [2.75, 3.05) is 10.6 Å². The molecule has 180 valence electrons. The zero-order valence-electron chi connectivity index (χ0n) is 18.8. The number of alkyl halides is 3. The number of carbonyl (C=O) groups excluding carboxylic acids is 2.